The van der Waals surface area contributed by atoms with Gasteiger partial charge in [0, 0.05) is 49.3 Å². The molecular weight excluding hydrogens is 324 g/mol. The first kappa shape index (κ1) is 18.4. The Bertz CT molecular complexity index is 671. The Morgan fingerprint density at radius 1 is 1.15 bits per heavy atom. The van der Waals surface area contributed by atoms with E-state index in [1.165, 1.54) is 19.3 Å². The average Bonchev–Trinajstić information content (AvgIpc) is 2.68. The fraction of sp³-hybridized carbons (Fsp3) is 0.476. The number of amides is 2. The zero-order valence-corrected chi connectivity index (χ0v) is 15.5. The Morgan fingerprint density at radius 2 is 1.92 bits per heavy atom. The molecule has 0 saturated heterocycles. The van der Waals surface area contributed by atoms with Crippen molar-refractivity contribution in [3.63, 3.8) is 0 Å². The van der Waals surface area contributed by atoms with Gasteiger partial charge in [0.2, 0.25) is 0 Å². The first-order valence-electron chi connectivity index (χ1n) is 9.58. The molecule has 0 aliphatic heterocycles. The minimum absolute atomic E-state index is 0.0251. The summed E-state index contributed by atoms with van der Waals surface area (Å²) in [4.78, 5) is 23.5. The second-order valence-corrected chi connectivity index (χ2v) is 7.15. The summed E-state index contributed by atoms with van der Waals surface area (Å²) in [5.74, 6) is 0. The number of hydrogen-bond acceptors (Lipinski definition) is 3. The molecule has 2 aromatic heterocycles. The van der Waals surface area contributed by atoms with Crippen molar-refractivity contribution in [1.82, 2.24) is 20.2 Å². The van der Waals surface area contributed by atoms with Gasteiger partial charge in [0.25, 0.3) is 0 Å². The van der Waals surface area contributed by atoms with Crippen molar-refractivity contribution in [2.75, 3.05) is 0 Å². The van der Waals surface area contributed by atoms with Crippen LogP contribution in [0.2, 0.25) is 0 Å². The third kappa shape index (κ3) is 5.28. The van der Waals surface area contributed by atoms with Crippen LogP contribution in [0.1, 0.15) is 50.3 Å². The molecule has 1 aliphatic carbocycles. The van der Waals surface area contributed by atoms with Crippen molar-refractivity contribution in [2.24, 2.45) is 0 Å². The Hall–Kier alpha value is -2.43. The lowest BCUT2D eigenvalue weighted by atomic mass is 9.94. The second-order valence-electron chi connectivity index (χ2n) is 7.15. The SMILES string of the molecule is C[C@H](Cc1ccccn1)NC(=O)N(Cc1ccncc1)C1CCCCC1. The summed E-state index contributed by atoms with van der Waals surface area (Å²) >= 11 is 0. The van der Waals surface area contributed by atoms with E-state index in [0.29, 0.717) is 12.6 Å². The summed E-state index contributed by atoms with van der Waals surface area (Å²) in [6.45, 7) is 2.67. The fourth-order valence-corrected chi connectivity index (χ4v) is 3.62. The molecule has 1 atom stereocenters. The van der Waals surface area contributed by atoms with Gasteiger partial charge >= 0.3 is 6.03 Å². The molecular formula is C21H28N4O. The van der Waals surface area contributed by atoms with Crippen LogP contribution >= 0.6 is 0 Å². The van der Waals surface area contributed by atoms with Gasteiger partial charge in [-0.15, -0.1) is 0 Å². The number of pyridine rings is 2. The highest BCUT2D eigenvalue weighted by Gasteiger charge is 2.26. The molecule has 0 bridgehead atoms. The largest absolute Gasteiger partial charge is 0.335 e. The predicted molar refractivity (Wildman–Crippen MR) is 103 cm³/mol. The highest BCUT2D eigenvalue weighted by Crippen LogP contribution is 2.24. The summed E-state index contributed by atoms with van der Waals surface area (Å²) in [6, 6.07) is 10.2. The molecule has 5 heteroatoms. The van der Waals surface area contributed by atoms with E-state index in [1.54, 1.807) is 18.6 Å². The standard InChI is InChI=1S/C21H28N4O/c1-17(15-19-7-5-6-12-23-19)24-21(26)25(20-8-3-2-4-9-20)16-18-10-13-22-14-11-18/h5-7,10-14,17,20H,2-4,8-9,15-16H2,1H3,(H,24,26)/t17-/m1/s1. The first-order chi connectivity index (χ1) is 12.7. The number of aromatic nitrogens is 2. The van der Waals surface area contributed by atoms with Gasteiger partial charge in [0.1, 0.15) is 0 Å². The molecule has 1 fully saturated rings. The fourth-order valence-electron chi connectivity index (χ4n) is 3.62. The molecule has 1 aliphatic rings. The molecule has 5 nitrogen and oxygen atoms in total. The number of carbonyl (C=O) groups excluding carboxylic acids is 1. The first-order valence-corrected chi connectivity index (χ1v) is 9.58. The summed E-state index contributed by atoms with van der Waals surface area (Å²) in [5.41, 5.74) is 2.12. The van der Waals surface area contributed by atoms with Gasteiger partial charge in [-0.3, -0.25) is 9.97 Å². The molecule has 1 saturated carbocycles. The molecule has 2 aromatic rings. The summed E-state index contributed by atoms with van der Waals surface area (Å²) in [5, 5.41) is 3.18. The summed E-state index contributed by atoms with van der Waals surface area (Å²) < 4.78 is 0. The molecule has 1 N–H and O–H groups in total. The third-order valence-electron chi connectivity index (χ3n) is 4.99. The molecule has 3 rings (SSSR count). The normalized spacial score (nSPS) is 16.0. The Kier molecular flexibility index (Phi) is 6.58. The quantitative estimate of drug-likeness (QED) is 0.856. The predicted octanol–water partition coefficient (Wildman–Crippen LogP) is 3.95. The number of carbonyl (C=O) groups is 1. The van der Waals surface area contributed by atoms with E-state index in [9.17, 15) is 4.79 Å². The van der Waals surface area contributed by atoms with Crippen molar-refractivity contribution in [2.45, 2.75) is 64.1 Å². The van der Waals surface area contributed by atoms with Crippen LogP contribution in [-0.4, -0.2) is 33.0 Å². The highest BCUT2D eigenvalue weighted by molar-refractivity contribution is 5.75. The van der Waals surface area contributed by atoms with Gasteiger partial charge in [-0.05, 0) is 49.6 Å². The van der Waals surface area contributed by atoms with E-state index in [4.69, 9.17) is 0 Å². The maximum Gasteiger partial charge on any atom is 0.318 e. The summed E-state index contributed by atoms with van der Waals surface area (Å²) in [7, 11) is 0. The van der Waals surface area contributed by atoms with E-state index < -0.39 is 0 Å². The van der Waals surface area contributed by atoms with E-state index in [2.05, 4.69) is 15.3 Å². The van der Waals surface area contributed by atoms with E-state index in [1.807, 2.05) is 42.2 Å². The van der Waals surface area contributed by atoms with Crippen LogP contribution in [-0.2, 0) is 13.0 Å². The third-order valence-corrected chi connectivity index (χ3v) is 4.99. The smallest absolute Gasteiger partial charge is 0.318 e. The Balaban J connectivity index is 1.65. The molecule has 2 heterocycles. The molecule has 0 radical (unpaired) electrons. The molecule has 26 heavy (non-hydrogen) atoms. The van der Waals surface area contributed by atoms with Crippen LogP contribution in [0.5, 0.6) is 0 Å². The van der Waals surface area contributed by atoms with E-state index >= 15 is 0 Å². The second kappa shape index (κ2) is 9.32. The van der Waals surface area contributed by atoms with Crippen LogP contribution in [0.3, 0.4) is 0 Å². The van der Waals surface area contributed by atoms with Crippen molar-refractivity contribution in [3.05, 3.63) is 60.2 Å². The van der Waals surface area contributed by atoms with Gasteiger partial charge in [-0.25, -0.2) is 4.79 Å². The van der Waals surface area contributed by atoms with Gasteiger partial charge < -0.3 is 10.2 Å². The van der Waals surface area contributed by atoms with Crippen molar-refractivity contribution >= 4 is 6.03 Å². The molecule has 0 spiro atoms. The lowest BCUT2D eigenvalue weighted by Gasteiger charge is -2.35. The van der Waals surface area contributed by atoms with Crippen LogP contribution in [0.15, 0.2) is 48.9 Å². The van der Waals surface area contributed by atoms with E-state index in [0.717, 1.165) is 30.5 Å². The van der Waals surface area contributed by atoms with Crippen LogP contribution < -0.4 is 5.32 Å². The summed E-state index contributed by atoms with van der Waals surface area (Å²) in [6.07, 6.45) is 12.0. The van der Waals surface area contributed by atoms with Gasteiger partial charge in [0.05, 0.1) is 0 Å². The van der Waals surface area contributed by atoms with Gasteiger partial charge in [0.15, 0.2) is 0 Å². The Morgan fingerprint density at radius 3 is 2.62 bits per heavy atom. The van der Waals surface area contributed by atoms with Crippen molar-refractivity contribution in [1.29, 1.82) is 0 Å². The van der Waals surface area contributed by atoms with Crippen LogP contribution in [0.25, 0.3) is 0 Å². The van der Waals surface area contributed by atoms with Crippen LogP contribution in [0.4, 0.5) is 4.79 Å². The van der Waals surface area contributed by atoms with Crippen LogP contribution in [0, 0.1) is 0 Å². The Labute approximate surface area is 155 Å². The number of urea groups is 1. The van der Waals surface area contributed by atoms with Crippen molar-refractivity contribution in [3.8, 4) is 0 Å². The zero-order valence-electron chi connectivity index (χ0n) is 15.5. The number of nitrogens with zero attached hydrogens (tertiary/aromatic N) is 3. The van der Waals surface area contributed by atoms with Gasteiger partial charge in [-0.2, -0.15) is 0 Å². The minimum Gasteiger partial charge on any atom is -0.335 e. The highest BCUT2D eigenvalue weighted by atomic mass is 16.2. The van der Waals surface area contributed by atoms with E-state index in [-0.39, 0.29) is 12.1 Å². The number of rotatable bonds is 6. The number of nitrogens with one attached hydrogen (secondary N) is 1. The topological polar surface area (TPSA) is 58.1 Å². The van der Waals surface area contributed by atoms with Gasteiger partial charge in [-0.1, -0.05) is 25.3 Å². The molecule has 0 aromatic carbocycles. The zero-order chi connectivity index (χ0) is 18.2. The van der Waals surface area contributed by atoms with Crippen molar-refractivity contribution < 1.29 is 4.79 Å². The molecule has 0 unspecified atom stereocenters. The molecule has 2 amide bonds. The maximum atomic E-state index is 13.0. The molecule has 138 valence electrons. The monoisotopic (exact) mass is 352 g/mol. The number of hydrogen-bond donors (Lipinski definition) is 1. The maximum absolute atomic E-state index is 13.0. The lowest BCUT2D eigenvalue weighted by Crippen LogP contribution is -2.49. The minimum atomic E-state index is 0.0251. The lowest BCUT2D eigenvalue weighted by molar-refractivity contribution is 0.148. The average molecular weight is 352 g/mol.